The van der Waals surface area contributed by atoms with Crippen LogP contribution in [0.1, 0.15) is 31.4 Å². The first kappa shape index (κ1) is 24.6. The molecule has 0 aliphatic carbocycles. The quantitative estimate of drug-likeness (QED) is 0.498. The van der Waals surface area contributed by atoms with Crippen molar-refractivity contribution in [3.8, 4) is 0 Å². The van der Waals surface area contributed by atoms with E-state index in [-0.39, 0.29) is 23.5 Å². The lowest BCUT2D eigenvalue weighted by atomic mass is 10.0. The number of benzene rings is 2. The summed E-state index contributed by atoms with van der Waals surface area (Å²) in [6.07, 6.45) is 0.841. The molecule has 0 saturated carbocycles. The van der Waals surface area contributed by atoms with Gasteiger partial charge < -0.3 is 16.4 Å². The van der Waals surface area contributed by atoms with Crippen molar-refractivity contribution in [2.45, 2.75) is 44.5 Å². The molecule has 0 bridgehead atoms. The Hall–Kier alpha value is -2.64. The fourth-order valence-corrected chi connectivity index (χ4v) is 3.96. The van der Waals surface area contributed by atoms with Crippen molar-refractivity contribution in [3.63, 3.8) is 0 Å². The lowest BCUT2D eigenvalue weighted by Gasteiger charge is -2.24. The van der Waals surface area contributed by atoms with E-state index >= 15 is 0 Å². The summed E-state index contributed by atoms with van der Waals surface area (Å²) in [6, 6.07) is 17.7. The van der Waals surface area contributed by atoms with Gasteiger partial charge in [0.25, 0.3) is 0 Å². The highest BCUT2D eigenvalue weighted by atomic mass is 32.2. The third-order valence-electron chi connectivity index (χ3n) is 4.65. The molecule has 0 saturated heterocycles. The fourth-order valence-electron chi connectivity index (χ4n) is 3.10. The van der Waals surface area contributed by atoms with E-state index in [4.69, 9.17) is 5.73 Å². The number of amides is 2. The SMILES string of the molecule is CC(C)C[C@H](NC(=O)[C@H](Cc1ccccc1)NC(=O)CN)C(=O)SCc1ccccc1. The molecule has 0 unspecified atom stereocenters. The molecule has 2 aromatic carbocycles. The highest BCUT2D eigenvalue weighted by molar-refractivity contribution is 8.13. The number of nitrogens with one attached hydrogen (secondary N) is 2. The second-order valence-corrected chi connectivity index (χ2v) is 8.78. The summed E-state index contributed by atoms with van der Waals surface area (Å²) in [5.41, 5.74) is 7.38. The van der Waals surface area contributed by atoms with E-state index in [1.165, 1.54) is 11.8 Å². The molecule has 0 heterocycles. The zero-order valence-corrected chi connectivity index (χ0v) is 18.9. The molecule has 0 aromatic heterocycles. The standard InChI is InChI=1S/C24H31N3O3S/c1-17(2)13-21(24(30)31-16-19-11-7-4-8-12-19)27-23(29)20(26-22(28)15-25)14-18-9-5-3-6-10-18/h3-12,17,20-21H,13-16,25H2,1-2H3,(H,26,28)(H,27,29)/t20-,21-/m0/s1. The minimum absolute atomic E-state index is 0.0884. The van der Waals surface area contributed by atoms with Gasteiger partial charge in [-0.25, -0.2) is 0 Å². The average Bonchev–Trinajstić information content (AvgIpc) is 2.77. The van der Waals surface area contributed by atoms with Gasteiger partial charge in [-0.3, -0.25) is 14.4 Å². The van der Waals surface area contributed by atoms with E-state index in [0.717, 1.165) is 11.1 Å². The van der Waals surface area contributed by atoms with E-state index in [9.17, 15) is 14.4 Å². The molecule has 7 heteroatoms. The number of thioether (sulfide) groups is 1. The second kappa shape index (κ2) is 12.9. The van der Waals surface area contributed by atoms with E-state index in [1.807, 2.05) is 74.5 Å². The van der Waals surface area contributed by atoms with Gasteiger partial charge in [-0.2, -0.15) is 0 Å². The molecule has 0 aliphatic heterocycles. The van der Waals surface area contributed by atoms with E-state index in [0.29, 0.717) is 18.6 Å². The Kier molecular flexibility index (Phi) is 10.3. The van der Waals surface area contributed by atoms with Crippen LogP contribution in [0.2, 0.25) is 0 Å². The minimum atomic E-state index is -0.806. The van der Waals surface area contributed by atoms with Gasteiger partial charge in [0, 0.05) is 12.2 Å². The van der Waals surface area contributed by atoms with Gasteiger partial charge in [0.15, 0.2) is 0 Å². The zero-order valence-electron chi connectivity index (χ0n) is 18.0. The highest BCUT2D eigenvalue weighted by Crippen LogP contribution is 2.18. The van der Waals surface area contributed by atoms with Crippen molar-refractivity contribution in [1.29, 1.82) is 0 Å². The summed E-state index contributed by atoms with van der Waals surface area (Å²) in [6.45, 7) is 3.80. The molecular weight excluding hydrogens is 410 g/mol. The van der Waals surface area contributed by atoms with Crippen molar-refractivity contribution >= 4 is 28.7 Å². The molecule has 2 amide bonds. The van der Waals surface area contributed by atoms with Gasteiger partial charge in [-0.1, -0.05) is 86.3 Å². The van der Waals surface area contributed by atoms with Crippen molar-refractivity contribution in [2.24, 2.45) is 11.7 Å². The van der Waals surface area contributed by atoms with Crippen molar-refractivity contribution in [3.05, 3.63) is 71.8 Å². The average molecular weight is 442 g/mol. The first-order valence-corrected chi connectivity index (χ1v) is 11.4. The van der Waals surface area contributed by atoms with E-state index in [2.05, 4.69) is 10.6 Å². The van der Waals surface area contributed by atoms with Crippen LogP contribution in [0, 0.1) is 5.92 Å². The van der Waals surface area contributed by atoms with Crippen LogP contribution in [0.25, 0.3) is 0 Å². The summed E-state index contributed by atoms with van der Waals surface area (Å²) in [5.74, 6) is -0.0365. The van der Waals surface area contributed by atoms with Crippen LogP contribution in [0.3, 0.4) is 0 Å². The third kappa shape index (κ3) is 8.94. The first-order chi connectivity index (χ1) is 14.9. The predicted molar refractivity (Wildman–Crippen MR) is 125 cm³/mol. The largest absolute Gasteiger partial charge is 0.344 e. The molecule has 0 fully saturated rings. The van der Waals surface area contributed by atoms with Crippen LogP contribution in [0.4, 0.5) is 0 Å². The Morgan fingerprint density at radius 1 is 0.871 bits per heavy atom. The molecule has 0 spiro atoms. The monoisotopic (exact) mass is 441 g/mol. The molecule has 0 radical (unpaired) electrons. The maximum atomic E-state index is 13.0. The molecule has 6 nitrogen and oxygen atoms in total. The third-order valence-corrected chi connectivity index (χ3v) is 5.70. The topological polar surface area (TPSA) is 101 Å². The van der Waals surface area contributed by atoms with Gasteiger partial charge in [-0.15, -0.1) is 0 Å². The van der Waals surface area contributed by atoms with Crippen LogP contribution in [0.5, 0.6) is 0 Å². The van der Waals surface area contributed by atoms with E-state index in [1.54, 1.807) is 0 Å². The van der Waals surface area contributed by atoms with Crippen molar-refractivity contribution in [1.82, 2.24) is 10.6 Å². The van der Waals surface area contributed by atoms with Crippen molar-refractivity contribution < 1.29 is 14.4 Å². The van der Waals surface area contributed by atoms with Gasteiger partial charge in [0.05, 0.1) is 12.6 Å². The van der Waals surface area contributed by atoms with Crippen LogP contribution in [-0.2, 0) is 26.6 Å². The fraction of sp³-hybridized carbons (Fsp3) is 0.375. The number of carbonyl (C=O) groups is 3. The number of nitrogens with two attached hydrogens (primary N) is 1. The minimum Gasteiger partial charge on any atom is -0.344 e. The number of carbonyl (C=O) groups excluding carboxylic acids is 3. The predicted octanol–water partition coefficient (Wildman–Crippen LogP) is 2.66. The molecule has 2 rings (SSSR count). The summed E-state index contributed by atoms with van der Waals surface area (Å²) in [5, 5.41) is 5.46. The Balaban J connectivity index is 2.08. The Labute approximate surface area is 188 Å². The molecule has 31 heavy (non-hydrogen) atoms. The maximum absolute atomic E-state index is 13.0. The van der Waals surface area contributed by atoms with Gasteiger partial charge in [0.2, 0.25) is 16.9 Å². The molecule has 2 atom stereocenters. The van der Waals surface area contributed by atoms with Crippen molar-refractivity contribution in [2.75, 3.05) is 6.54 Å². The lowest BCUT2D eigenvalue weighted by Crippen LogP contribution is -2.53. The summed E-state index contributed by atoms with van der Waals surface area (Å²) < 4.78 is 0. The molecule has 2 aromatic rings. The van der Waals surface area contributed by atoms with Gasteiger partial charge >= 0.3 is 0 Å². The lowest BCUT2D eigenvalue weighted by molar-refractivity contribution is -0.130. The molecule has 4 N–H and O–H groups in total. The van der Waals surface area contributed by atoms with Gasteiger partial charge in [0.1, 0.15) is 6.04 Å². The number of rotatable bonds is 11. The van der Waals surface area contributed by atoms with Crippen LogP contribution in [-0.4, -0.2) is 35.6 Å². The van der Waals surface area contributed by atoms with Gasteiger partial charge in [-0.05, 0) is 23.5 Å². The molecule has 166 valence electrons. The second-order valence-electron chi connectivity index (χ2n) is 7.80. The Bertz CT molecular complexity index is 844. The summed E-state index contributed by atoms with van der Waals surface area (Å²) in [7, 11) is 0. The number of hydrogen-bond acceptors (Lipinski definition) is 5. The highest BCUT2D eigenvalue weighted by Gasteiger charge is 2.27. The summed E-state index contributed by atoms with van der Waals surface area (Å²) >= 11 is 1.19. The normalized spacial score (nSPS) is 12.8. The Morgan fingerprint density at radius 2 is 1.45 bits per heavy atom. The van der Waals surface area contributed by atoms with E-state index < -0.39 is 18.0 Å². The van der Waals surface area contributed by atoms with Crippen LogP contribution >= 0.6 is 11.8 Å². The summed E-state index contributed by atoms with van der Waals surface area (Å²) in [4.78, 5) is 37.8. The molecular formula is C24H31N3O3S. The zero-order chi connectivity index (χ0) is 22.6. The van der Waals surface area contributed by atoms with Crippen LogP contribution < -0.4 is 16.4 Å². The Morgan fingerprint density at radius 3 is 2.00 bits per heavy atom. The number of hydrogen-bond donors (Lipinski definition) is 3. The maximum Gasteiger partial charge on any atom is 0.243 e. The first-order valence-electron chi connectivity index (χ1n) is 10.4. The molecule has 0 aliphatic rings. The smallest absolute Gasteiger partial charge is 0.243 e. The van der Waals surface area contributed by atoms with Crippen LogP contribution in [0.15, 0.2) is 60.7 Å².